The van der Waals surface area contributed by atoms with Crippen LogP contribution in [0.1, 0.15) is 61.6 Å². The van der Waals surface area contributed by atoms with E-state index in [0.717, 1.165) is 23.3 Å². The van der Waals surface area contributed by atoms with E-state index in [4.69, 9.17) is 9.72 Å². The average Bonchev–Trinajstić information content (AvgIpc) is 3.74. The van der Waals surface area contributed by atoms with Crippen molar-refractivity contribution in [3.05, 3.63) is 72.1 Å². The summed E-state index contributed by atoms with van der Waals surface area (Å²) in [5, 5.41) is 21.8. The van der Waals surface area contributed by atoms with Crippen LogP contribution in [0.2, 0.25) is 0 Å². The first kappa shape index (κ1) is 26.5. The molecular formula is C27H30FN11O2. The van der Waals surface area contributed by atoms with Crippen molar-refractivity contribution in [1.29, 1.82) is 0 Å². The smallest absolute Gasteiger partial charge is 0.252 e. The Hall–Kier alpha value is -4.72. The van der Waals surface area contributed by atoms with E-state index in [2.05, 4.69) is 41.0 Å². The standard InChI is InChI=1S/C27H30FN11O2/c1-16-10-22(37-36-16)34-21-11-24-30-15-32-39(24)25(35-21)18-6-8-27(41-3,9-7-18)26(40)33-17(2)19-4-5-23(29-12-19)38-14-20(28)13-31-38/h4-5,10-15,17-18H,6-9H2,1-3H3,(H,33,40)(H2,34,36,37)/t17-,18?,27?/m0/s1. The third-order valence-corrected chi connectivity index (χ3v) is 7.62. The van der Waals surface area contributed by atoms with Crippen molar-refractivity contribution in [2.24, 2.45) is 0 Å². The predicted octanol–water partition coefficient (Wildman–Crippen LogP) is 3.54. The number of aromatic nitrogens is 9. The monoisotopic (exact) mass is 559 g/mol. The van der Waals surface area contributed by atoms with Crippen LogP contribution in [0.4, 0.5) is 16.0 Å². The van der Waals surface area contributed by atoms with E-state index in [1.54, 1.807) is 23.9 Å². The third kappa shape index (κ3) is 5.25. The van der Waals surface area contributed by atoms with Gasteiger partial charge in [-0.1, -0.05) is 6.07 Å². The Morgan fingerprint density at radius 2 is 2.00 bits per heavy atom. The van der Waals surface area contributed by atoms with Crippen LogP contribution in [0.5, 0.6) is 0 Å². The molecule has 0 radical (unpaired) electrons. The molecule has 0 spiro atoms. The summed E-state index contributed by atoms with van der Waals surface area (Å²) >= 11 is 0. The summed E-state index contributed by atoms with van der Waals surface area (Å²) in [5.74, 6) is 1.99. The minimum Gasteiger partial charge on any atom is -0.368 e. The van der Waals surface area contributed by atoms with Gasteiger partial charge in [-0.3, -0.25) is 9.89 Å². The number of hydrogen-bond acceptors (Lipinski definition) is 9. The highest BCUT2D eigenvalue weighted by atomic mass is 19.1. The van der Waals surface area contributed by atoms with Gasteiger partial charge in [0.1, 0.15) is 23.6 Å². The number of methoxy groups -OCH3 is 1. The number of rotatable bonds is 8. The van der Waals surface area contributed by atoms with Gasteiger partial charge in [0, 0.05) is 37.1 Å². The molecule has 1 aliphatic rings. The zero-order chi connectivity index (χ0) is 28.6. The second-order valence-corrected chi connectivity index (χ2v) is 10.3. The number of carbonyl (C=O) groups excluding carboxylic acids is 1. The molecule has 1 aliphatic carbocycles. The summed E-state index contributed by atoms with van der Waals surface area (Å²) in [6.07, 6.45) is 7.93. The molecule has 0 saturated heterocycles. The van der Waals surface area contributed by atoms with E-state index in [0.29, 0.717) is 48.8 Å². The van der Waals surface area contributed by atoms with E-state index < -0.39 is 11.4 Å². The summed E-state index contributed by atoms with van der Waals surface area (Å²) in [7, 11) is 1.58. The molecule has 0 bridgehead atoms. The largest absolute Gasteiger partial charge is 0.368 e. The molecule has 0 aliphatic heterocycles. The number of carbonyl (C=O) groups is 1. The van der Waals surface area contributed by atoms with Gasteiger partial charge in [0.25, 0.3) is 5.91 Å². The third-order valence-electron chi connectivity index (χ3n) is 7.62. The molecule has 1 atom stereocenters. The minimum atomic E-state index is -0.964. The molecule has 3 N–H and O–H groups in total. The Morgan fingerprint density at radius 1 is 1.17 bits per heavy atom. The van der Waals surface area contributed by atoms with Crippen LogP contribution >= 0.6 is 0 Å². The number of amides is 1. The van der Waals surface area contributed by atoms with Gasteiger partial charge in [0.15, 0.2) is 23.1 Å². The molecule has 5 aromatic heterocycles. The molecule has 1 amide bonds. The number of fused-ring (bicyclic) bond motifs is 1. The molecule has 1 fully saturated rings. The number of anilines is 2. The Balaban J connectivity index is 1.14. The lowest BCUT2D eigenvalue weighted by molar-refractivity contribution is -0.148. The molecular weight excluding hydrogens is 529 g/mol. The normalized spacial score (nSPS) is 19.8. The molecule has 0 aromatic carbocycles. The predicted molar refractivity (Wildman–Crippen MR) is 146 cm³/mol. The van der Waals surface area contributed by atoms with Crippen LogP contribution in [0, 0.1) is 12.7 Å². The summed E-state index contributed by atoms with van der Waals surface area (Å²) in [6, 6.07) is 6.98. The first-order valence-electron chi connectivity index (χ1n) is 13.4. The summed E-state index contributed by atoms with van der Waals surface area (Å²) in [4.78, 5) is 27.1. The van der Waals surface area contributed by atoms with Crippen molar-refractivity contribution in [3.8, 4) is 5.82 Å². The van der Waals surface area contributed by atoms with E-state index in [1.165, 1.54) is 17.2 Å². The van der Waals surface area contributed by atoms with E-state index >= 15 is 0 Å². The van der Waals surface area contributed by atoms with Gasteiger partial charge in [0.05, 0.1) is 18.4 Å². The van der Waals surface area contributed by atoms with Crippen LogP contribution < -0.4 is 10.6 Å². The molecule has 13 nitrogen and oxygen atoms in total. The SMILES string of the molecule is COC1(C(=O)N[C@@H](C)c2ccc(-n3cc(F)cn3)nc2)CCC(c2nc(Nc3cc(C)[nH]n3)cc3ncnn23)CC1. The van der Waals surface area contributed by atoms with Gasteiger partial charge in [-0.25, -0.2) is 24.0 Å². The van der Waals surface area contributed by atoms with Gasteiger partial charge < -0.3 is 15.4 Å². The Labute approximate surface area is 234 Å². The fourth-order valence-electron chi connectivity index (χ4n) is 5.29. The van der Waals surface area contributed by atoms with Crippen LogP contribution in [0.25, 0.3) is 11.5 Å². The molecule has 5 heterocycles. The molecule has 5 aromatic rings. The number of ether oxygens (including phenoxy) is 1. The van der Waals surface area contributed by atoms with Gasteiger partial charge in [0.2, 0.25) is 0 Å². The van der Waals surface area contributed by atoms with Gasteiger partial charge in [-0.05, 0) is 51.2 Å². The fourth-order valence-corrected chi connectivity index (χ4v) is 5.29. The number of aromatic amines is 1. The van der Waals surface area contributed by atoms with Crippen LogP contribution in [0.3, 0.4) is 0 Å². The quantitative estimate of drug-likeness (QED) is 0.259. The van der Waals surface area contributed by atoms with Crippen molar-refractivity contribution < 1.29 is 13.9 Å². The van der Waals surface area contributed by atoms with Crippen LogP contribution in [-0.4, -0.2) is 63.2 Å². The molecule has 1 saturated carbocycles. The number of nitrogens with one attached hydrogen (secondary N) is 3. The number of H-pyrrole nitrogens is 1. The maximum Gasteiger partial charge on any atom is 0.252 e. The highest BCUT2D eigenvalue weighted by molar-refractivity contribution is 5.85. The molecule has 212 valence electrons. The maximum atomic E-state index is 13.5. The van der Waals surface area contributed by atoms with Crippen LogP contribution in [-0.2, 0) is 9.53 Å². The highest BCUT2D eigenvalue weighted by Crippen LogP contribution is 2.40. The van der Waals surface area contributed by atoms with E-state index in [-0.39, 0.29) is 17.9 Å². The van der Waals surface area contributed by atoms with Crippen molar-refractivity contribution in [2.45, 2.75) is 57.1 Å². The molecule has 14 heteroatoms. The Morgan fingerprint density at radius 3 is 2.66 bits per heavy atom. The van der Waals surface area contributed by atoms with Crippen molar-refractivity contribution >= 4 is 23.2 Å². The average molecular weight is 560 g/mol. The lowest BCUT2D eigenvalue weighted by Gasteiger charge is -2.38. The topological polar surface area (TPSA) is 153 Å². The zero-order valence-corrected chi connectivity index (χ0v) is 22.9. The maximum absolute atomic E-state index is 13.5. The van der Waals surface area contributed by atoms with Gasteiger partial charge in [-0.2, -0.15) is 19.8 Å². The number of aryl methyl sites for hydroxylation is 1. The summed E-state index contributed by atoms with van der Waals surface area (Å²) < 4.78 is 22.3. The summed E-state index contributed by atoms with van der Waals surface area (Å²) in [5.41, 5.74) is 1.46. The first-order valence-corrected chi connectivity index (χ1v) is 13.4. The number of pyridine rings is 1. The molecule has 41 heavy (non-hydrogen) atoms. The number of nitrogens with zero attached hydrogens (tertiary/aromatic N) is 8. The molecule has 6 rings (SSSR count). The zero-order valence-electron chi connectivity index (χ0n) is 22.9. The highest BCUT2D eigenvalue weighted by Gasteiger charge is 2.43. The number of halogens is 1. The second-order valence-electron chi connectivity index (χ2n) is 10.3. The van der Waals surface area contributed by atoms with E-state index in [9.17, 15) is 9.18 Å². The fraction of sp³-hybridized carbons (Fsp3) is 0.370. The Bertz CT molecular complexity index is 1670. The van der Waals surface area contributed by atoms with Crippen molar-refractivity contribution in [2.75, 3.05) is 12.4 Å². The lowest BCUT2D eigenvalue weighted by Crippen LogP contribution is -2.51. The minimum absolute atomic E-state index is 0.0549. The molecule has 0 unspecified atom stereocenters. The number of hydrogen-bond donors (Lipinski definition) is 3. The van der Waals surface area contributed by atoms with Gasteiger partial charge in [-0.15, -0.1) is 0 Å². The first-order chi connectivity index (χ1) is 19.8. The lowest BCUT2D eigenvalue weighted by atomic mass is 9.77. The summed E-state index contributed by atoms with van der Waals surface area (Å²) in [6.45, 7) is 3.82. The van der Waals surface area contributed by atoms with Crippen molar-refractivity contribution in [1.82, 2.24) is 49.9 Å². The van der Waals surface area contributed by atoms with Crippen molar-refractivity contribution in [3.63, 3.8) is 0 Å². The van der Waals surface area contributed by atoms with E-state index in [1.807, 2.05) is 32.0 Å². The second kappa shape index (κ2) is 10.7. The van der Waals surface area contributed by atoms with Crippen LogP contribution in [0.15, 0.2) is 49.2 Å². The van der Waals surface area contributed by atoms with Gasteiger partial charge >= 0.3 is 0 Å². The Kier molecular flexibility index (Phi) is 6.91.